The number of halogens is 1. The minimum atomic E-state index is -0.302. The van der Waals surface area contributed by atoms with E-state index in [1.54, 1.807) is 10.7 Å². The van der Waals surface area contributed by atoms with Crippen LogP contribution in [0, 0.1) is 27.7 Å². The van der Waals surface area contributed by atoms with Crippen molar-refractivity contribution in [2.75, 3.05) is 5.32 Å². The number of hydrogen-bond donors (Lipinski definition) is 1. The molecule has 0 atom stereocenters. The van der Waals surface area contributed by atoms with Gasteiger partial charge in [0.15, 0.2) is 10.4 Å². The largest absolute Gasteiger partial charge is 0.444 e. The Hall–Kier alpha value is -2.34. The third-order valence-corrected chi connectivity index (χ3v) is 4.01. The van der Waals surface area contributed by atoms with Gasteiger partial charge in [-0.3, -0.25) is 4.79 Å². The van der Waals surface area contributed by atoms with Crippen molar-refractivity contribution in [3.8, 4) is 5.69 Å². The Morgan fingerprint density at radius 3 is 2.33 bits per heavy atom. The molecule has 0 saturated carbocycles. The lowest BCUT2D eigenvalue weighted by atomic mass is 10.1. The van der Waals surface area contributed by atoms with Crippen LogP contribution in [0.4, 0.5) is 5.82 Å². The fourth-order valence-corrected chi connectivity index (χ4v) is 3.21. The van der Waals surface area contributed by atoms with E-state index >= 15 is 0 Å². The Balaban J connectivity index is 1.97. The van der Waals surface area contributed by atoms with Crippen molar-refractivity contribution >= 4 is 27.7 Å². The average Bonchev–Trinajstić information content (AvgIpc) is 3.00. The van der Waals surface area contributed by atoms with Gasteiger partial charge in [0, 0.05) is 11.6 Å². The van der Waals surface area contributed by atoms with Crippen LogP contribution in [0.25, 0.3) is 5.69 Å². The predicted molar refractivity (Wildman–Crippen MR) is 96.9 cm³/mol. The van der Waals surface area contributed by atoms with Gasteiger partial charge in [-0.05, 0) is 73.0 Å². The zero-order valence-electron chi connectivity index (χ0n) is 14.0. The number of aryl methyl sites for hydroxylation is 4. The molecule has 0 saturated heterocycles. The van der Waals surface area contributed by atoms with Crippen LogP contribution in [0.2, 0.25) is 0 Å². The fourth-order valence-electron chi connectivity index (χ4n) is 2.70. The highest BCUT2D eigenvalue weighted by Gasteiger charge is 2.18. The second kappa shape index (κ2) is 6.28. The van der Waals surface area contributed by atoms with Gasteiger partial charge in [0.2, 0.25) is 0 Å². The number of carbonyl (C=O) groups excluding carboxylic acids is 1. The molecular formula is C18H18BrN3O2. The van der Waals surface area contributed by atoms with Gasteiger partial charge in [-0.2, -0.15) is 5.10 Å². The van der Waals surface area contributed by atoms with E-state index in [0.717, 1.165) is 28.1 Å². The second-order valence-corrected chi connectivity index (χ2v) is 6.73. The summed E-state index contributed by atoms with van der Waals surface area (Å²) in [5.74, 6) is 0.589. The molecule has 0 aliphatic carbocycles. The number of nitrogens with zero attached hydrogens (tertiary/aromatic N) is 2. The molecule has 3 rings (SSSR count). The number of furan rings is 1. The number of rotatable bonds is 3. The number of nitrogens with one attached hydrogen (secondary N) is 1. The number of carbonyl (C=O) groups is 1. The molecule has 0 spiro atoms. The number of benzene rings is 1. The summed E-state index contributed by atoms with van der Waals surface area (Å²) in [6.45, 7) is 7.79. The molecule has 124 valence electrons. The smallest absolute Gasteiger partial charge is 0.292 e. The predicted octanol–water partition coefficient (Wildman–Crippen LogP) is 4.71. The molecular weight excluding hydrogens is 370 g/mol. The zero-order valence-corrected chi connectivity index (χ0v) is 15.6. The van der Waals surface area contributed by atoms with E-state index in [-0.39, 0.29) is 11.7 Å². The quantitative estimate of drug-likeness (QED) is 0.707. The lowest BCUT2D eigenvalue weighted by molar-refractivity contribution is 0.0994. The number of hydrogen-bond acceptors (Lipinski definition) is 3. The lowest BCUT2D eigenvalue weighted by Gasteiger charge is -2.10. The molecule has 0 radical (unpaired) electrons. The molecule has 3 aromatic rings. The van der Waals surface area contributed by atoms with Gasteiger partial charge in [0.1, 0.15) is 5.82 Å². The first-order valence-electron chi connectivity index (χ1n) is 7.56. The van der Waals surface area contributed by atoms with Crippen molar-refractivity contribution in [3.63, 3.8) is 0 Å². The maximum absolute atomic E-state index is 12.5. The SMILES string of the molecule is Cc1cc(C)cc(-n2nc(C)cc2NC(=O)c2oc(Br)cc2C)c1. The standard InChI is InChI=1S/C18H18BrN3O2/c1-10-5-11(2)7-14(6-10)22-16(9-13(4)21-22)20-18(23)17-12(3)8-15(19)24-17/h5-9H,1-4H3,(H,20,23). The highest BCUT2D eigenvalue weighted by atomic mass is 79.9. The van der Waals surface area contributed by atoms with E-state index in [1.165, 1.54) is 0 Å². The summed E-state index contributed by atoms with van der Waals surface area (Å²) in [5.41, 5.74) is 4.78. The monoisotopic (exact) mass is 387 g/mol. The van der Waals surface area contributed by atoms with Crippen LogP contribution in [0.5, 0.6) is 0 Å². The minimum Gasteiger partial charge on any atom is -0.444 e. The number of amides is 1. The van der Waals surface area contributed by atoms with E-state index < -0.39 is 0 Å². The first-order chi connectivity index (χ1) is 11.3. The third kappa shape index (κ3) is 3.28. The van der Waals surface area contributed by atoms with Crippen LogP contribution in [-0.4, -0.2) is 15.7 Å². The Bertz CT molecular complexity index is 904. The van der Waals surface area contributed by atoms with Crippen LogP contribution < -0.4 is 5.32 Å². The van der Waals surface area contributed by atoms with Crippen molar-refractivity contribution in [2.45, 2.75) is 27.7 Å². The first kappa shape index (κ1) is 16.5. The molecule has 1 amide bonds. The molecule has 1 aromatic carbocycles. The van der Waals surface area contributed by atoms with Gasteiger partial charge in [0.25, 0.3) is 5.91 Å². The van der Waals surface area contributed by atoms with Gasteiger partial charge >= 0.3 is 0 Å². The van der Waals surface area contributed by atoms with Gasteiger partial charge in [-0.15, -0.1) is 0 Å². The van der Waals surface area contributed by atoms with Crippen molar-refractivity contribution in [2.24, 2.45) is 0 Å². The van der Waals surface area contributed by atoms with Crippen molar-refractivity contribution in [1.82, 2.24) is 9.78 Å². The minimum absolute atomic E-state index is 0.285. The van der Waals surface area contributed by atoms with E-state index in [9.17, 15) is 4.79 Å². The van der Waals surface area contributed by atoms with Crippen LogP contribution in [-0.2, 0) is 0 Å². The van der Waals surface area contributed by atoms with E-state index in [1.807, 2.05) is 45.9 Å². The molecule has 0 fully saturated rings. The topological polar surface area (TPSA) is 60.1 Å². The van der Waals surface area contributed by atoms with E-state index in [4.69, 9.17) is 4.42 Å². The number of aromatic nitrogens is 2. The van der Waals surface area contributed by atoms with Gasteiger partial charge in [0.05, 0.1) is 11.4 Å². The molecule has 0 aliphatic heterocycles. The molecule has 2 aromatic heterocycles. The second-order valence-electron chi connectivity index (χ2n) is 5.95. The summed E-state index contributed by atoms with van der Waals surface area (Å²) in [6, 6.07) is 9.76. The summed E-state index contributed by atoms with van der Waals surface area (Å²) < 4.78 is 7.68. The lowest BCUT2D eigenvalue weighted by Crippen LogP contribution is -2.15. The van der Waals surface area contributed by atoms with Crippen LogP contribution in [0.15, 0.2) is 39.4 Å². The van der Waals surface area contributed by atoms with Crippen LogP contribution in [0.3, 0.4) is 0 Å². The van der Waals surface area contributed by atoms with Crippen molar-refractivity contribution < 1.29 is 9.21 Å². The Labute approximate surface area is 148 Å². The molecule has 0 unspecified atom stereocenters. The van der Waals surface area contributed by atoms with E-state index in [2.05, 4.69) is 32.4 Å². The normalized spacial score (nSPS) is 10.9. The summed E-state index contributed by atoms with van der Waals surface area (Å²) in [4.78, 5) is 12.5. The molecule has 0 bridgehead atoms. The molecule has 6 heteroatoms. The van der Waals surface area contributed by atoms with Gasteiger partial charge in [-0.1, -0.05) is 6.07 Å². The van der Waals surface area contributed by atoms with Crippen LogP contribution >= 0.6 is 15.9 Å². The van der Waals surface area contributed by atoms with Crippen LogP contribution in [0.1, 0.15) is 32.9 Å². The summed E-state index contributed by atoms with van der Waals surface area (Å²) in [7, 11) is 0. The van der Waals surface area contributed by atoms with Crippen molar-refractivity contribution in [1.29, 1.82) is 0 Å². The fraction of sp³-hybridized carbons (Fsp3) is 0.222. The first-order valence-corrected chi connectivity index (χ1v) is 8.35. The zero-order chi connectivity index (χ0) is 17.4. The average molecular weight is 388 g/mol. The van der Waals surface area contributed by atoms with Gasteiger partial charge in [-0.25, -0.2) is 4.68 Å². The number of anilines is 1. The highest BCUT2D eigenvalue weighted by molar-refractivity contribution is 9.10. The highest BCUT2D eigenvalue weighted by Crippen LogP contribution is 2.23. The summed E-state index contributed by atoms with van der Waals surface area (Å²) >= 11 is 3.24. The van der Waals surface area contributed by atoms with E-state index in [0.29, 0.717) is 10.5 Å². The Morgan fingerprint density at radius 1 is 1.08 bits per heavy atom. The Morgan fingerprint density at radius 2 is 1.75 bits per heavy atom. The van der Waals surface area contributed by atoms with Gasteiger partial charge < -0.3 is 9.73 Å². The summed E-state index contributed by atoms with van der Waals surface area (Å²) in [5, 5.41) is 7.39. The molecule has 0 aliphatic rings. The maximum atomic E-state index is 12.5. The molecule has 1 N–H and O–H groups in total. The molecule has 24 heavy (non-hydrogen) atoms. The van der Waals surface area contributed by atoms with Crippen molar-refractivity contribution in [3.05, 3.63) is 63.1 Å². The maximum Gasteiger partial charge on any atom is 0.292 e. The molecule has 2 heterocycles. The Kier molecular flexibility index (Phi) is 4.32. The third-order valence-electron chi connectivity index (χ3n) is 3.62. The summed E-state index contributed by atoms with van der Waals surface area (Å²) in [6.07, 6.45) is 0. The molecule has 5 nitrogen and oxygen atoms in total.